The van der Waals surface area contributed by atoms with Gasteiger partial charge in [0.1, 0.15) is 11.5 Å². The minimum Gasteiger partial charge on any atom is -0.473 e. The van der Waals surface area contributed by atoms with Crippen LogP contribution >= 0.6 is 16.3 Å². The monoisotopic (exact) mass is 398 g/mol. The molecule has 150 valence electrons. The summed E-state index contributed by atoms with van der Waals surface area (Å²) in [6.45, 7) is 27.2. The predicted molar refractivity (Wildman–Crippen MR) is 121 cm³/mol. The molecule has 26 heavy (non-hydrogen) atoms. The molecule has 0 saturated carbocycles. The van der Waals surface area contributed by atoms with Crippen LogP contribution in [0.5, 0.6) is 11.5 Å². The lowest BCUT2D eigenvalue weighted by Gasteiger charge is -2.40. The highest BCUT2D eigenvalue weighted by molar-refractivity contribution is 7.56. The van der Waals surface area contributed by atoms with Crippen molar-refractivity contribution in [2.45, 2.75) is 104 Å². The normalized spacial score (nSPS) is 14.1. The highest BCUT2D eigenvalue weighted by atomic mass is 31.1. The Hall–Kier alpha value is -0.320. The number of hydrogen-bond donors (Lipinski definition) is 0. The summed E-state index contributed by atoms with van der Waals surface area (Å²) in [5, 5.41) is 0.476. The van der Waals surface area contributed by atoms with Crippen LogP contribution in [0.1, 0.15) is 83.1 Å². The lowest BCUT2D eigenvalue weighted by Crippen LogP contribution is -2.28. The summed E-state index contributed by atoms with van der Waals surface area (Å²) in [6.07, 6.45) is 0. The molecular weight excluding hydrogens is 358 g/mol. The zero-order valence-corrected chi connectivity index (χ0v) is 20.8. The van der Waals surface area contributed by atoms with E-state index in [-0.39, 0.29) is 20.6 Å². The molecule has 0 atom stereocenters. The van der Waals surface area contributed by atoms with Crippen LogP contribution in [0.15, 0.2) is 24.3 Å². The summed E-state index contributed by atoms with van der Waals surface area (Å²) in [6, 6.07) is 8.22. The van der Waals surface area contributed by atoms with E-state index in [9.17, 15) is 0 Å². The van der Waals surface area contributed by atoms with Crippen LogP contribution in [-0.2, 0) is 0 Å². The van der Waals surface area contributed by atoms with Crippen molar-refractivity contribution in [2.24, 2.45) is 0 Å². The van der Waals surface area contributed by atoms with Crippen LogP contribution in [0.25, 0.3) is 0 Å². The van der Waals surface area contributed by atoms with Crippen molar-refractivity contribution >= 4 is 16.3 Å². The minimum atomic E-state index is -0.647. The van der Waals surface area contributed by atoms with Crippen molar-refractivity contribution in [3.8, 4) is 11.5 Å². The van der Waals surface area contributed by atoms with Gasteiger partial charge in [-0.2, -0.15) is 0 Å². The fraction of sp³-hybridized carbons (Fsp3) is 0.727. The molecule has 1 aromatic rings. The molecule has 1 aromatic carbocycles. The van der Waals surface area contributed by atoms with E-state index in [1.54, 1.807) is 0 Å². The molecule has 0 heterocycles. The molecule has 0 fully saturated rings. The lowest BCUT2D eigenvalue weighted by molar-refractivity contribution is 0.516. The fourth-order valence-corrected chi connectivity index (χ4v) is 9.13. The molecule has 0 aliphatic carbocycles. The SMILES string of the molecule is CC(C)(C)P(Oc1cccc(OP(C(C)(C)C)C(C)(C)C)c1)C(C)(C)C. The van der Waals surface area contributed by atoms with Crippen molar-refractivity contribution in [2.75, 3.05) is 0 Å². The zero-order chi connectivity index (χ0) is 20.6. The van der Waals surface area contributed by atoms with Crippen LogP contribution in [0.2, 0.25) is 0 Å². The quantitative estimate of drug-likeness (QED) is 0.474. The fourth-order valence-electron chi connectivity index (χ4n) is 3.36. The Morgan fingerprint density at radius 2 is 0.808 bits per heavy atom. The first-order valence-corrected chi connectivity index (χ1v) is 12.0. The summed E-state index contributed by atoms with van der Waals surface area (Å²) in [5.74, 6) is 1.83. The third kappa shape index (κ3) is 7.01. The second-order valence-electron chi connectivity index (χ2n) is 10.9. The van der Waals surface area contributed by atoms with Gasteiger partial charge in [0.05, 0.1) is 16.3 Å². The molecule has 4 heteroatoms. The van der Waals surface area contributed by atoms with Gasteiger partial charge < -0.3 is 9.05 Å². The molecule has 0 aromatic heterocycles. The average Bonchev–Trinajstić information content (AvgIpc) is 2.37. The van der Waals surface area contributed by atoms with Crippen molar-refractivity contribution < 1.29 is 9.05 Å². The van der Waals surface area contributed by atoms with Crippen LogP contribution < -0.4 is 9.05 Å². The van der Waals surface area contributed by atoms with Gasteiger partial charge >= 0.3 is 0 Å². The first-order chi connectivity index (χ1) is 11.4. The van der Waals surface area contributed by atoms with Gasteiger partial charge in [-0.25, -0.2) is 0 Å². The highest BCUT2D eigenvalue weighted by Gasteiger charge is 2.39. The molecule has 0 aliphatic rings. The van der Waals surface area contributed by atoms with Crippen molar-refractivity contribution in [1.29, 1.82) is 0 Å². The summed E-state index contributed by atoms with van der Waals surface area (Å²) in [5.41, 5.74) is 0. The van der Waals surface area contributed by atoms with E-state index in [1.807, 2.05) is 6.07 Å². The Morgan fingerprint density at radius 1 is 0.538 bits per heavy atom. The van der Waals surface area contributed by atoms with Crippen LogP contribution in [-0.4, -0.2) is 20.6 Å². The molecule has 0 radical (unpaired) electrons. The second kappa shape index (κ2) is 7.97. The molecule has 0 spiro atoms. The smallest absolute Gasteiger partial charge is 0.127 e. The van der Waals surface area contributed by atoms with Crippen LogP contribution in [0.3, 0.4) is 0 Å². The Balaban J connectivity index is 3.11. The topological polar surface area (TPSA) is 18.5 Å². The van der Waals surface area contributed by atoms with Gasteiger partial charge in [-0.1, -0.05) is 89.2 Å². The number of rotatable bonds is 4. The van der Waals surface area contributed by atoms with Gasteiger partial charge in [-0.05, 0) is 12.1 Å². The van der Waals surface area contributed by atoms with Gasteiger partial charge in [0.25, 0.3) is 0 Å². The largest absolute Gasteiger partial charge is 0.473 e. The molecule has 2 nitrogen and oxygen atoms in total. The second-order valence-corrected chi connectivity index (χ2v) is 17.8. The predicted octanol–water partition coefficient (Wildman–Crippen LogP) is 8.43. The van der Waals surface area contributed by atoms with Gasteiger partial charge in [0.2, 0.25) is 0 Å². The lowest BCUT2D eigenvalue weighted by atomic mass is 10.2. The average molecular weight is 399 g/mol. The molecular formula is C22H40O2P2. The number of hydrogen-bond acceptors (Lipinski definition) is 2. The molecule has 0 aliphatic heterocycles. The zero-order valence-electron chi connectivity index (χ0n) is 19.0. The van der Waals surface area contributed by atoms with Crippen molar-refractivity contribution in [3.63, 3.8) is 0 Å². The van der Waals surface area contributed by atoms with E-state index >= 15 is 0 Å². The summed E-state index contributed by atoms with van der Waals surface area (Å²) in [7, 11) is -1.29. The van der Waals surface area contributed by atoms with Gasteiger partial charge in [-0.15, -0.1) is 0 Å². The molecule has 0 unspecified atom stereocenters. The maximum atomic E-state index is 6.53. The number of benzene rings is 1. The molecule has 0 saturated heterocycles. The third-order valence-electron chi connectivity index (χ3n) is 3.64. The molecule has 1 rings (SSSR count). The van der Waals surface area contributed by atoms with Crippen molar-refractivity contribution in [3.05, 3.63) is 24.3 Å². The maximum Gasteiger partial charge on any atom is 0.127 e. The summed E-state index contributed by atoms with van der Waals surface area (Å²) >= 11 is 0. The van der Waals surface area contributed by atoms with E-state index in [4.69, 9.17) is 9.05 Å². The van der Waals surface area contributed by atoms with Gasteiger partial charge in [-0.3, -0.25) is 0 Å². The van der Waals surface area contributed by atoms with Crippen LogP contribution in [0.4, 0.5) is 0 Å². The minimum absolute atomic E-state index is 0.119. The first-order valence-electron chi connectivity index (χ1n) is 9.49. The maximum absolute atomic E-state index is 6.53. The standard InChI is InChI=1S/C22H40O2P2/c1-19(2,3)25(20(4,5)6)23-17-14-13-15-18(16-17)24-26(21(7,8)9)22(10,11)12/h13-16H,1-12H3. The highest BCUT2D eigenvalue weighted by Crippen LogP contribution is 2.61. The van der Waals surface area contributed by atoms with Gasteiger partial charge in [0, 0.05) is 26.7 Å². The van der Waals surface area contributed by atoms with E-state index < -0.39 is 16.3 Å². The van der Waals surface area contributed by atoms with E-state index in [1.165, 1.54) is 0 Å². The first kappa shape index (κ1) is 23.7. The van der Waals surface area contributed by atoms with E-state index in [2.05, 4.69) is 101 Å². The summed E-state index contributed by atoms with van der Waals surface area (Å²) in [4.78, 5) is 0. The molecule has 0 N–H and O–H groups in total. The molecule has 0 amide bonds. The van der Waals surface area contributed by atoms with E-state index in [0.717, 1.165) is 11.5 Å². The summed E-state index contributed by atoms with van der Waals surface area (Å²) < 4.78 is 13.1. The third-order valence-corrected chi connectivity index (χ3v) is 9.30. The Morgan fingerprint density at radius 3 is 1.04 bits per heavy atom. The van der Waals surface area contributed by atoms with E-state index in [0.29, 0.717) is 0 Å². The Kier molecular flexibility index (Phi) is 7.27. The Bertz CT molecular complexity index is 507. The van der Waals surface area contributed by atoms with Gasteiger partial charge in [0.15, 0.2) is 0 Å². The van der Waals surface area contributed by atoms with Crippen LogP contribution in [0, 0.1) is 0 Å². The Labute approximate surface area is 165 Å². The van der Waals surface area contributed by atoms with Crippen molar-refractivity contribution in [1.82, 2.24) is 0 Å². The molecule has 0 bridgehead atoms.